The van der Waals surface area contributed by atoms with Crippen molar-refractivity contribution in [2.75, 3.05) is 13.7 Å². The molecular weight excluding hydrogens is 332 g/mol. The highest BCUT2D eigenvalue weighted by atomic mass is 16.5. The molecule has 0 bridgehead atoms. The van der Waals surface area contributed by atoms with E-state index in [4.69, 9.17) is 4.74 Å². The lowest BCUT2D eigenvalue weighted by Gasteiger charge is -2.26. The highest BCUT2D eigenvalue weighted by Crippen LogP contribution is 2.25. The lowest BCUT2D eigenvalue weighted by atomic mass is 10.1. The van der Waals surface area contributed by atoms with Gasteiger partial charge in [0.05, 0.1) is 24.8 Å². The van der Waals surface area contributed by atoms with E-state index in [2.05, 4.69) is 10.4 Å². The van der Waals surface area contributed by atoms with E-state index >= 15 is 0 Å². The maximum atomic E-state index is 12.0. The van der Waals surface area contributed by atoms with Crippen molar-refractivity contribution in [1.29, 1.82) is 0 Å². The number of hydrogen-bond acceptors (Lipinski definition) is 4. The standard InChI is InChI=1S/C19H22N4O3/c1-14-12-22(13-20-14)16-8-6-15(11-17(16)26-2)7-9-18(24)21-23-10-4-3-5-19(23)25/h6-9,11-13H,3-5,10H2,1-2H3,(H,21,24). The second-order valence-corrected chi connectivity index (χ2v) is 6.17. The first-order chi connectivity index (χ1) is 12.6. The number of imidazole rings is 1. The van der Waals surface area contributed by atoms with Crippen LogP contribution in [0.15, 0.2) is 36.8 Å². The summed E-state index contributed by atoms with van der Waals surface area (Å²) < 4.78 is 7.34. The minimum Gasteiger partial charge on any atom is -0.495 e. The smallest absolute Gasteiger partial charge is 0.262 e. The molecule has 0 unspecified atom stereocenters. The monoisotopic (exact) mass is 354 g/mol. The number of nitrogens with zero attached hydrogens (tertiary/aromatic N) is 3. The van der Waals surface area contributed by atoms with Gasteiger partial charge in [0, 0.05) is 25.2 Å². The summed E-state index contributed by atoms with van der Waals surface area (Å²) in [5.74, 6) is 0.310. The van der Waals surface area contributed by atoms with Crippen LogP contribution in [0.5, 0.6) is 5.75 Å². The van der Waals surface area contributed by atoms with Crippen LogP contribution in [0.2, 0.25) is 0 Å². The Balaban J connectivity index is 1.70. The molecule has 136 valence electrons. The summed E-state index contributed by atoms with van der Waals surface area (Å²) in [7, 11) is 1.60. The van der Waals surface area contributed by atoms with Crippen LogP contribution in [0.1, 0.15) is 30.5 Å². The lowest BCUT2D eigenvalue weighted by molar-refractivity contribution is -0.141. The SMILES string of the molecule is COc1cc(C=CC(=O)NN2CCCCC2=O)ccc1-n1cnc(C)c1. The van der Waals surface area contributed by atoms with Crippen LogP contribution in [-0.4, -0.2) is 40.0 Å². The number of benzene rings is 1. The normalized spacial score (nSPS) is 14.7. The lowest BCUT2D eigenvalue weighted by Crippen LogP contribution is -2.47. The molecule has 7 heteroatoms. The number of nitrogens with one attached hydrogen (secondary N) is 1. The van der Waals surface area contributed by atoms with E-state index in [0.717, 1.165) is 29.8 Å². The summed E-state index contributed by atoms with van der Waals surface area (Å²) in [5.41, 5.74) is 5.23. The van der Waals surface area contributed by atoms with E-state index in [9.17, 15) is 9.59 Å². The molecule has 0 saturated carbocycles. The van der Waals surface area contributed by atoms with Crippen molar-refractivity contribution in [3.63, 3.8) is 0 Å². The van der Waals surface area contributed by atoms with Gasteiger partial charge in [-0.3, -0.25) is 20.0 Å². The third kappa shape index (κ3) is 4.11. The van der Waals surface area contributed by atoms with Gasteiger partial charge in [-0.05, 0) is 43.5 Å². The average Bonchev–Trinajstić information content (AvgIpc) is 3.08. The highest BCUT2D eigenvalue weighted by molar-refractivity contribution is 5.93. The zero-order chi connectivity index (χ0) is 18.5. The molecule has 2 heterocycles. The first kappa shape index (κ1) is 17.7. The first-order valence-corrected chi connectivity index (χ1v) is 8.55. The third-order valence-corrected chi connectivity index (χ3v) is 4.19. The van der Waals surface area contributed by atoms with Crippen LogP contribution in [0.25, 0.3) is 11.8 Å². The van der Waals surface area contributed by atoms with Crippen molar-refractivity contribution in [2.24, 2.45) is 0 Å². The predicted octanol–water partition coefficient (Wildman–Crippen LogP) is 2.25. The molecule has 0 aliphatic carbocycles. The fourth-order valence-corrected chi connectivity index (χ4v) is 2.83. The Morgan fingerprint density at radius 2 is 2.19 bits per heavy atom. The number of aromatic nitrogens is 2. The molecule has 0 radical (unpaired) electrons. The predicted molar refractivity (Wildman–Crippen MR) is 97.6 cm³/mol. The Bertz CT molecular complexity index is 841. The maximum absolute atomic E-state index is 12.0. The molecule has 0 spiro atoms. The van der Waals surface area contributed by atoms with E-state index in [1.807, 2.05) is 35.9 Å². The Labute approximate surface area is 152 Å². The van der Waals surface area contributed by atoms with Gasteiger partial charge < -0.3 is 9.30 Å². The molecule has 3 rings (SSSR count). The second-order valence-electron chi connectivity index (χ2n) is 6.17. The van der Waals surface area contributed by atoms with Crippen molar-refractivity contribution >= 4 is 17.9 Å². The van der Waals surface area contributed by atoms with E-state index in [1.165, 1.54) is 11.1 Å². The number of ether oxygens (including phenoxy) is 1. The highest BCUT2D eigenvalue weighted by Gasteiger charge is 2.18. The van der Waals surface area contributed by atoms with E-state index in [-0.39, 0.29) is 11.8 Å². The number of hydrogen-bond donors (Lipinski definition) is 1. The molecule has 1 saturated heterocycles. The quantitative estimate of drug-likeness (QED) is 0.836. The van der Waals surface area contributed by atoms with Gasteiger partial charge in [-0.15, -0.1) is 0 Å². The number of amides is 2. The molecule has 7 nitrogen and oxygen atoms in total. The first-order valence-electron chi connectivity index (χ1n) is 8.55. The van der Waals surface area contributed by atoms with Gasteiger partial charge in [0.25, 0.3) is 5.91 Å². The zero-order valence-electron chi connectivity index (χ0n) is 14.9. The maximum Gasteiger partial charge on any atom is 0.262 e. The van der Waals surface area contributed by atoms with Crippen molar-refractivity contribution in [3.05, 3.63) is 48.1 Å². The van der Waals surface area contributed by atoms with Crippen LogP contribution in [-0.2, 0) is 9.59 Å². The molecule has 1 aromatic heterocycles. The summed E-state index contributed by atoms with van der Waals surface area (Å²) in [6.07, 6.45) is 9.01. The number of rotatable bonds is 5. The summed E-state index contributed by atoms with van der Waals surface area (Å²) in [5, 5.41) is 1.39. The molecule has 2 aromatic rings. The molecule has 1 aromatic carbocycles. The fourth-order valence-electron chi connectivity index (χ4n) is 2.83. The molecule has 1 aliphatic rings. The van der Waals surface area contributed by atoms with Crippen molar-refractivity contribution in [3.8, 4) is 11.4 Å². The molecule has 2 amide bonds. The Morgan fingerprint density at radius 3 is 2.88 bits per heavy atom. The molecule has 26 heavy (non-hydrogen) atoms. The van der Waals surface area contributed by atoms with Crippen molar-refractivity contribution in [1.82, 2.24) is 20.0 Å². The van der Waals surface area contributed by atoms with E-state index < -0.39 is 0 Å². The van der Waals surface area contributed by atoms with Crippen LogP contribution in [0.3, 0.4) is 0 Å². The van der Waals surface area contributed by atoms with Gasteiger partial charge in [0.1, 0.15) is 5.75 Å². The van der Waals surface area contributed by atoms with Crippen molar-refractivity contribution < 1.29 is 14.3 Å². The molecule has 1 aliphatic heterocycles. The van der Waals surface area contributed by atoms with E-state index in [0.29, 0.717) is 18.7 Å². The van der Waals surface area contributed by atoms with Gasteiger partial charge in [0.15, 0.2) is 0 Å². The molecule has 0 atom stereocenters. The van der Waals surface area contributed by atoms with Gasteiger partial charge in [-0.2, -0.15) is 0 Å². The number of piperidine rings is 1. The van der Waals surface area contributed by atoms with E-state index in [1.54, 1.807) is 19.5 Å². The van der Waals surface area contributed by atoms with Gasteiger partial charge >= 0.3 is 0 Å². The summed E-state index contributed by atoms with van der Waals surface area (Å²) in [6.45, 7) is 2.48. The molecule has 1 N–H and O–H groups in total. The summed E-state index contributed by atoms with van der Waals surface area (Å²) in [4.78, 5) is 28.0. The van der Waals surface area contributed by atoms with Crippen LogP contribution >= 0.6 is 0 Å². The van der Waals surface area contributed by atoms with Crippen LogP contribution in [0, 0.1) is 6.92 Å². The van der Waals surface area contributed by atoms with Gasteiger partial charge in [-0.1, -0.05) is 6.07 Å². The number of methoxy groups -OCH3 is 1. The largest absolute Gasteiger partial charge is 0.495 e. The second kappa shape index (κ2) is 7.86. The topological polar surface area (TPSA) is 76.5 Å². The third-order valence-electron chi connectivity index (χ3n) is 4.19. The Hall–Kier alpha value is -3.09. The van der Waals surface area contributed by atoms with Crippen LogP contribution < -0.4 is 10.2 Å². The number of aryl methyl sites for hydroxylation is 1. The minimum absolute atomic E-state index is 0.0420. The fraction of sp³-hybridized carbons (Fsp3) is 0.316. The molecule has 1 fully saturated rings. The van der Waals surface area contributed by atoms with Crippen molar-refractivity contribution in [2.45, 2.75) is 26.2 Å². The average molecular weight is 354 g/mol. The number of hydrazine groups is 1. The zero-order valence-corrected chi connectivity index (χ0v) is 14.9. The number of carbonyl (C=O) groups excluding carboxylic acids is 2. The minimum atomic E-state index is -0.325. The Morgan fingerprint density at radius 1 is 1.35 bits per heavy atom. The van der Waals surface area contributed by atoms with Crippen LogP contribution in [0.4, 0.5) is 0 Å². The Kier molecular flexibility index (Phi) is 5.36. The summed E-state index contributed by atoms with van der Waals surface area (Å²) in [6, 6.07) is 5.65. The van der Waals surface area contributed by atoms with Gasteiger partial charge in [-0.25, -0.2) is 4.98 Å². The van der Waals surface area contributed by atoms with Gasteiger partial charge in [0.2, 0.25) is 5.91 Å². The number of carbonyl (C=O) groups is 2. The molecular formula is C19H22N4O3. The summed E-state index contributed by atoms with van der Waals surface area (Å²) >= 11 is 0.